The topological polar surface area (TPSA) is 88.0 Å². The predicted octanol–water partition coefficient (Wildman–Crippen LogP) is 5.41. The summed E-state index contributed by atoms with van der Waals surface area (Å²) < 4.78 is 1.48. The fourth-order valence-electron chi connectivity index (χ4n) is 4.34. The van der Waals surface area contributed by atoms with Crippen molar-refractivity contribution in [3.63, 3.8) is 0 Å². The number of carbonyl (C=O) groups is 2. The van der Waals surface area contributed by atoms with Crippen molar-refractivity contribution in [2.45, 2.75) is 0 Å². The molecule has 184 valence electrons. The highest BCUT2D eigenvalue weighted by Crippen LogP contribution is 2.19. The molecule has 4 aromatic carbocycles. The molecule has 0 saturated heterocycles. The minimum absolute atomic E-state index is 0.137. The second-order valence-corrected chi connectivity index (χ2v) is 8.55. The van der Waals surface area contributed by atoms with Gasteiger partial charge < -0.3 is 10.4 Å². The normalized spacial score (nSPS) is 10.5. The Morgan fingerprint density at radius 2 is 0.816 bits per heavy atom. The Labute approximate surface area is 218 Å². The van der Waals surface area contributed by atoms with Crippen LogP contribution in [0.15, 0.2) is 134 Å². The van der Waals surface area contributed by atoms with Crippen molar-refractivity contribution in [3.8, 4) is 0 Å². The van der Waals surface area contributed by atoms with Gasteiger partial charge in [0.2, 0.25) is 11.0 Å². The summed E-state index contributed by atoms with van der Waals surface area (Å²) in [6, 6.07) is 35.5. The summed E-state index contributed by atoms with van der Waals surface area (Å²) in [5.74, 6) is -0.274. The molecule has 0 unspecified atom stereocenters. The Morgan fingerprint density at radius 3 is 1.21 bits per heavy atom. The minimum Gasteiger partial charge on any atom is -0.618 e. The number of carbonyl (C=O) groups excluding carboxylic acids is 2. The summed E-state index contributed by atoms with van der Waals surface area (Å²) in [7, 11) is 0. The molecule has 6 rings (SSSR count). The van der Waals surface area contributed by atoms with Crippen LogP contribution < -0.4 is 9.46 Å². The maximum Gasteiger partial charge on any atom is 0.235 e. The van der Waals surface area contributed by atoms with Crippen molar-refractivity contribution in [1.29, 1.82) is 0 Å². The van der Waals surface area contributed by atoms with E-state index < -0.39 is 0 Å². The highest BCUT2D eigenvalue weighted by Gasteiger charge is 2.18. The monoisotopic (exact) mass is 498 g/mol. The van der Waals surface area contributed by atoms with Crippen LogP contribution in [0.5, 0.6) is 0 Å². The number of ketones is 2. The van der Waals surface area contributed by atoms with Gasteiger partial charge in [0, 0.05) is 34.0 Å². The van der Waals surface area contributed by atoms with E-state index in [0.29, 0.717) is 33.3 Å². The van der Waals surface area contributed by atoms with Gasteiger partial charge in [-0.1, -0.05) is 72.8 Å². The van der Waals surface area contributed by atoms with Gasteiger partial charge in [-0.15, -0.1) is 0 Å². The van der Waals surface area contributed by atoms with Gasteiger partial charge in [0.05, 0.1) is 11.1 Å². The highest BCUT2D eigenvalue weighted by atomic mass is 16.5. The molecule has 6 aromatic rings. The molecule has 0 aliphatic rings. The van der Waals surface area contributed by atoms with Crippen LogP contribution in [0.4, 0.5) is 0 Å². The van der Waals surface area contributed by atoms with Crippen molar-refractivity contribution < 1.29 is 19.0 Å². The number of pyridine rings is 2. The maximum atomic E-state index is 12.5. The van der Waals surface area contributed by atoms with Crippen LogP contribution in [-0.4, -0.2) is 11.6 Å². The standard InChI is InChI=1S/2C16H11NO2/c2*18-16(13-6-2-1-3-7-13)14-10-4-8-12-9-5-11-17(19)15(12)14/h2*1-11H. The Kier molecular flexibility index (Phi) is 6.87. The smallest absolute Gasteiger partial charge is 0.235 e. The second-order valence-electron chi connectivity index (χ2n) is 8.55. The molecule has 6 heteroatoms. The summed E-state index contributed by atoms with van der Waals surface area (Å²) >= 11 is 0. The van der Waals surface area contributed by atoms with Crippen molar-refractivity contribution in [1.82, 2.24) is 0 Å². The molecule has 0 amide bonds. The number of benzene rings is 4. The van der Waals surface area contributed by atoms with Crippen LogP contribution in [0.25, 0.3) is 21.8 Å². The Balaban J connectivity index is 0.000000155. The molecular weight excluding hydrogens is 476 g/mol. The summed E-state index contributed by atoms with van der Waals surface area (Å²) in [4.78, 5) is 24.9. The van der Waals surface area contributed by atoms with Gasteiger partial charge in [-0.05, 0) is 36.4 Å². The van der Waals surface area contributed by atoms with E-state index in [1.165, 1.54) is 12.4 Å². The molecule has 2 aromatic heterocycles. The lowest BCUT2D eigenvalue weighted by atomic mass is 10.0. The molecule has 0 radical (unpaired) electrons. The molecule has 2 heterocycles. The SMILES string of the molecule is O=C(c1ccccc1)c1cccc2ccc[n+]([O-])c12.O=C(c1ccccc1)c1cccc2ccc[n+]([O-])c12. The molecule has 0 atom stereocenters. The first-order valence-corrected chi connectivity index (χ1v) is 12.0. The van der Waals surface area contributed by atoms with Gasteiger partial charge in [0.25, 0.3) is 0 Å². The highest BCUT2D eigenvalue weighted by molar-refractivity contribution is 6.15. The molecule has 0 saturated carbocycles. The first kappa shape index (κ1) is 24.3. The lowest BCUT2D eigenvalue weighted by molar-refractivity contribution is -0.577. The van der Waals surface area contributed by atoms with E-state index in [1.54, 1.807) is 60.7 Å². The average molecular weight is 499 g/mol. The van der Waals surface area contributed by atoms with Crippen LogP contribution in [-0.2, 0) is 0 Å². The van der Waals surface area contributed by atoms with Gasteiger partial charge in [-0.25, -0.2) is 0 Å². The van der Waals surface area contributed by atoms with Crippen LogP contribution in [0.1, 0.15) is 31.8 Å². The second kappa shape index (κ2) is 10.7. The number of fused-ring (bicyclic) bond motifs is 2. The molecule has 0 aliphatic heterocycles. The number of nitrogens with zero attached hydrogens (tertiary/aromatic N) is 2. The minimum atomic E-state index is -0.137. The van der Waals surface area contributed by atoms with Gasteiger partial charge in [-0.3, -0.25) is 9.59 Å². The Morgan fingerprint density at radius 1 is 0.447 bits per heavy atom. The third-order valence-corrected chi connectivity index (χ3v) is 6.13. The summed E-state index contributed by atoms with van der Waals surface area (Å²) in [6.07, 6.45) is 2.81. The fourth-order valence-corrected chi connectivity index (χ4v) is 4.34. The lowest BCUT2D eigenvalue weighted by Crippen LogP contribution is -2.28. The van der Waals surface area contributed by atoms with Gasteiger partial charge >= 0.3 is 0 Å². The van der Waals surface area contributed by atoms with Crippen molar-refractivity contribution in [2.24, 2.45) is 0 Å². The van der Waals surface area contributed by atoms with Crippen LogP contribution in [0.3, 0.4) is 0 Å². The fraction of sp³-hybridized carbons (Fsp3) is 0. The molecule has 0 N–H and O–H groups in total. The van der Waals surface area contributed by atoms with Crippen molar-refractivity contribution >= 4 is 33.4 Å². The summed E-state index contributed by atoms with van der Waals surface area (Å²) in [5.41, 5.74) is 2.86. The summed E-state index contributed by atoms with van der Waals surface area (Å²) in [5, 5.41) is 25.3. The number of hydrogen-bond donors (Lipinski definition) is 0. The largest absolute Gasteiger partial charge is 0.618 e. The van der Waals surface area contributed by atoms with Crippen LogP contribution in [0.2, 0.25) is 0 Å². The first-order chi connectivity index (χ1) is 18.5. The molecule has 38 heavy (non-hydrogen) atoms. The molecule has 0 aliphatic carbocycles. The van der Waals surface area contributed by atoms with E-state index in [4.69, 9.17) is 0 Å². The average Bonchev–Trinajstić information content (AvgIpc) is 2.97. The van der Waals surface area contributed by atoms with E-state index >= 15 is 0 Å². The predicted molar refractivity (Wildman–Crippen MR) is 146 cm³/mol. The maximum absolute atomic E-state index is 12.5. The third kappa shape index (κ3) is 4.83. The Bertz CT molecular complexity index is 1620. The lowest BCUT2D eigenvalue weighted by Gasteiger charge is -2.06. The number of rotatable bonds is 4. The summed E-state index contributed by atoms with van der Waals surface area (Å²) in [6.45, 7) is 0. The van der Waals surface area contributed by atoms with Crippen LogP contribution in [0, 0.1) is 10.4 Å². The molecule has 0 spiro atoms. The van der Waals surface area contributed by atoms with Gasteiger partial charge in [0.1, 0.15) is 0 Å². The van der Waals surface area contributed by atoms with E-state index in [0.717, 1.165) is 20.2 Å². The zero-order chi connectivity index (χ0) is 26.5. The molecule has 0 fully saturated rings. The van der Waals surface area contributed by atoms with Crippen molar-refractivity contribution in [2.75, 3.05) is 0 Å². The third-order valence-electron chi connectivity index (χ3n) is 6.13. The quantitative estimate of drug-likeness (QED) is 0.185. The zero-order valence-electron chi connectivity index (χ0n) is 20.2. The van der Waals surface area contributed by atoms with Gasteiger partial charge in [-0.2, -0.15) is 9.46 Å². The van der Waals surface area contributed by atoms with Gasteiger partial charge in [0.15, 0.2) is 24.0 Å². The van der Waals surface area contributed by atoms with E-state index in [1.807, 2.05) is 60.7 Å². The molecule has 0 bridgehead atoms. The van der Waals surface area contributed by atoms with E-state index in [-0.39, 0.29) is 11.6 Å². The van der Waals surface area contributed by atoms with E-state index in [2.05, 4.69) is 0 Å². The van der Waals surface area contributed by atoms with E-state index in [9.17, 15) is 20.0 Å². The van der Waals surface area contributed by atoms with Crippen LogP contribution >= 0.6 is 0 Å². The van der Waals surface area contributed by atoms with Crippen molar-refractivity contribution in [3.05, 3.63) is 166 Å². The zero-order valence-corrected chi connectivity index (χ0v) is 20.2. The number of para-hydroxylation sites is 2. The molecule has 6 nitrogen and oxygen atoms in total. The first-order valence-electron chi connectivity index (χ1n) is 12.0. The molecular formula is C32H22N2O4. The Hall–Kier alpha value is -5.36. The number of aromatic nitrogens is 2. The number of hydrogen-bond acceptors (Lipinski definition) is 4.